The lowest BCUT2D eigenvalue weighted by molar-refractivity contribution is -0.107. The van der Waals surface area contributed by atoms with Crippen LogP contribution in [-0.4, -0.2) is 37.8 Å². The summed E-state index contributed by atoms with van der Waals surface area (Å²) in [5.41, 5.74) is 4.01. The number of fused-ring (bicyclic) bond motifs is 6. The minimum absolute atomic E-state index is 0.0539. The van der Waals surface area contributed by atoms with Crippen LogP contribution in [-0.2, 0) is 21.2 Å². The first-order valence-corrected chi connectivity index (χ1v) is 13.2. The molecule has 0 atom stereocenters. The second-order valence-electron chi connectivity index (χ2n) is 8.57. The highest BCUT2D eigenvalue weighted by Crippen LogP contribution is 2.29. The van der Waals surface area contributed by atoms with Crippen molar-refractivity contribution in [1.29, 1.82) is 0 Å². The van der Waals surface area contributed by atoms with E-state index in [1.165, 1.54) is 11.6 Å². The fraction of sp³-hybridized carbons (Fsp3) is 0.346. The van der Waals surface area contributed by atoms with Crippen molar-refractivity contribution in [3.05, 3.63) is 65.7 Å². The molecule has 0 aliphatic carbocycles. The molecule has 0 saturated heterocycles. The van der Waals surface area contributed by atoms with Gasteiger partial charge in [0.1, 0.15) is 17.9 Å². The highest BCUT2D eigenvalue weighted by atomic mass is 32.2. The van der Waals surface area contributed by atoms with Crippen LogP contribution in [0, 0.1) is 6.92 Å². The number of carbonyl (C=O) groups excluding carboxylic acids is 1. The summed E-state index contributed by atoms with van der Waals surface area (Å²) in [6.07, 6.45) is 6.02. The summed E-state index contributed by atoms with van der Waals surface area (Å²) in [4.78, 5) is 22.0. The maximum Gasteiger partial charge on any atom is 0.280 e. The number of rotatable bonds is 4. The molecule has 4 bridgehead atoms. The van der Waals surface area contributed by atoms with Gasteiger partial charge in [-0.1, -0.05) is 42.8 Å². The van der Waals surface area contributed by atoms with Gasteiger partial charge in [-0.15, -0.1) is 0 Å². The van der Waals surface area contributed by atoms with Crippen LogP contribution >= 0.6 is 0 Å². The zero-order chi connectivity index (χ0) is 24.0. The Labute approximate surface area is 201 Å². The number of carbonyl (C=O) groups is 1. The van der Waals surface area contributed by atoms with Crippen LogP contribution in [0.4, 0.5) is 11.6 Å². The second-order valence-corrected chi connectivity index (χ2v) is 10.2. The highest BCUT2D eigenvalue weighted by Gasteiger charge is 2.20. The minimum Gasteiger partial charge on any atom is -0.357 e. The second kappa shape index (κ2) is 10.8. The number of anilines is 2. The quantitative estimate of drug-likeness (QED) is 0.429. The molecule has 1 aromatic carbocycles. The van der Waals surface area contributed by atoms with Gasteiger partial charge < -0.3 is 9.69 Å². The number of hydrogen-bond acceptors (Lipinski definition) is 6. The molecule has 3 heterocycles. The number of aldehydes is 1. The highest BCUT2D eigenvalue weighted by molar-refractivity contribution is 7.92. The number of aromatic nitrogens is 2. The van der Waals surface area contributed by atoms with E-state index in [2.05, 4.69) is 25.7 Å². The molecule has 0 radical (unpaired) electrons. The normalized spacial score (nSPS) is 15.7. The van der Waals surface area contributed by atoms with Crippen molar-refractivity contribution >= 4 is 27.9 Å². The van der Waals surface area contributed by atoms with E-state index in [4.69, 9.17) is 0 Å². The Morgan fingerprint density at radius 1 is 1.00 bits per heavy atom. The first-order chi connectivity index (χ1) is 16.5. The van der Waals surface area contributed by atoms with Crippen molar-refractivity contribution < 1.29 is 13.2 Å². The number of benzene rings is 1. The largest absolute Gasteiger partial charge is 0.357 e. The van der Waals surface area contributed by atoms with E-state index < -0.39 is 10.0 Å². The van der Waals surface area contributed by atoms with Gasteiger partial charge in [0.2, 0.25) is 0 Å². The van der Waals surface area contributed by atoms with Gasteiger partial charge in [-0.2, -0.15) is 8.42 Å². The number of hydrogen-bond donors (Lipinski definition) is 1. The summed E-state index contributed by atoms with van der Waals surface area (Å²) in [5, 5.41) is -0.0539. The Morgan fingerprint density at radius 3 is 2.71 bits per heavy atom. The molecule has 0 fully saturated rings. The zero-order valence-corrected chi connectivity index (χ0v) is 20.2. The number of sulfonamides is 1. The lowest BCUT2D eigenvalue weighted by Gasteiger charge is -2.24. The monoisotopic (exact) mass is 478 g/mol. The summed E-state index contributed by atoms with van der Waals surface area (Å²) < 4.78 is 29.0. The molecule has 1 aliphatic rings. The third kappa shape index (κ3) is 5.62. The third-order valence-electron chi connectivity index (χ3n) is 6.04. The molecule has 1 aliphatic heterocycles. The maximum atomic E-state index is 13.2. The molecular formula is C26H30N4O3S. The molecule has 1 N–H and O–H groups in total. The lowest BCUT2D eigenvalue weighted by Crippen LogP contribution is -2.27. The predicted molar refractivity (Wildman–Crippen MR) is 135 cm³/mol. The summed E-state index contributed by atoms with van der Waals surface area (Å²) >= 11 is 0. The Hall–Kier alpha value is -3.26. The van der Waals surface area contributed by atoms with Crippen molar-refractivity contribution in [1.82, 2.24) is 9.97 Å². The Bertz CT molecular complexity index is 1260. The van der Waals surface area contributed by atoms with E-state index in [1.807, 2.05) is 37.3 Å². The molecule has 0 unspecified atom stereocenters. The van der Waals surface area contributed by atoms with Gasteiger partial charge >= 0.3 is 0 Å². The number of nitrogens with zero attached hydrogens (tertiary/aromatic N) is 3. The predicted octanol–water partition coefficient (Wildman–Crippen LogP) is 4.76. The van der Waals surface area contributed by atoms with Crippen molar-refractivity contribution in [2.45, 2.75) is 50.5 Å². The number of aryl methyl sites for hydroxylation is 2. The Balaban J connectivity index is 1.75. The fourth-order valence-corrected chi connectivity index (χ4v) is 5.21. The summed E-state index contributed by atoms with van der Waals surface area (Å²) in [6.45, 7) is 3.39. The van der Waals surface area contributed by atoms with Crippen molar-refractivity contribution in [3.63, 3.8) is 0 Å². The summed E-state index contributed by atoms with van der Waals surface area (Å²) in [6, 6.07) is 16.8. The molecule has 34 heavy (non-hydrogen) atoms. The van der Waals surface area contributed by atoms with Crippen LogP contribution < -0.4 is 9.62 Å². The van der Waals surface area contributed by atoms with Gasteiger partial charge in [0.25, 0.3) is 10.0 Å². The number of nitrogens with one attached hydrogen (secondary N) is 1. The maximum absolute atomic E-state index is 13.2. The van der Waals surface area contributed by atoms with Crippen LogP contribution in [0.15, 0.2) is 59.6 Å². The third-order valence-corrected chi connectivity index (χ3v) is 7.30. The summed E-state index contributed by atoms with van der Waals surface area (Å²) in [7, 11) is -3.93. The van der Waals surface area contributed by atoms with Gasteiger partial charge in [-0.05, 0) is 61.9 Å². The average Bonchev–Trinajstić information content (AvgIpc) is 2.84. The van der Waals surface area contributed by atoms with Crippen molar-refractivity contribution in [3.8, 4) is 11.3 Å². The van der Waals surface area contributed by atoms with Crippen LogP contribution in [0.25, 0.3) is 11.3 Å². The molecule has 8 heteroatoms. The molecule has 0 saturated carbocycles. The van der Waals surface area contributed by atoms with Crippen molar-refractivity contribution in [2.75, 3.05) is 22.7 Å². The van der Waals surface area contributed by atoms with Crippen LogP contribution in [0.3, 0.4) is 0 Å². The minimum atomic E-state index is -3.93. The van der Waals surface area contributed by atoms with Crippen LogP contribution in [0.5, 0.6) is 0 Å². The van der Waals surface area contributed by atoms with E-state index >= 15 is 0 Å². The fourth-order valence-electron chi connectivity index (χ4n) is 4.25. The zero-order valence-electron chi connectivity index (χ0n) is 19.4. The molecule has 4 rings (SSSR count). The van der Waals surface area contributed by atoms with E-state index in [-0.39, 0.29) is 10.8 Å². The summed E-state index contributed by atoms with van der Waals surface area (Å²) in [5.74, 6) is 0.862. The van der Waals surface area contributed by atoms with Crippen molar-refractivity contribution in [2.24, 2.45) is 0 Å². The Kier molecular flexibility index (Phi) is 7.57. The van der Waals surface area contributed by atoms with Gasteiger partial charge in [-0.25, -0.2) is 9.97 Å². The van der Waals surface area contributed by atoms with E-state index in [9.17, 15) is 13.2 Å². The van der Waals surface area contributed by atoms with Crippen LogP contribution in [0.1, 0.15) is 43.2 Å². The first kappa shape index (κ1) is 23.9. The van der Waals surface area contributed by atoms with Crippen LogP contribution in [0.2, 0.25) is 0 Å². The van der Waals surface area contributed by atoms with E-state index in [0.717, 1.165) is 55.3 Å². The number of pyridine rings is 2. The smallest absolute Gasteiger partial charge is 0.280 e. The van der Waals surface area contributed by atoms with Gasteiger partial charge in [0.05, 0.1) is 5.69 Å². The molecule has 178 valence electrons. The lowest BCUT2D eigenvalue weighted by atomic mass is 9.96. The molecule has 3 aromatic rings. The van der Waals surface area contributed by atoms with Gasteiger partial charge in [0.15, 0.2) is 5.03 Å². The first-order valence-electron chi connectivity index (χ1n) is 11.7. The molecule has 0 amide bonds. The standard InChI is InChI=1S/C26H30N4O3S/c1-20-15-16-23-27-26(20)22-12-5-4-11-21(22)10-3-2-6-17-30(18-7-8-19-31)24-13-9-14-25(28-24)34(32,33)29-23/h4-5,9,11-16,19H,2-3,6-8,10,17-18H2,1H3,(H,27,29). The molecule has 7 nitrogen and oxygen atoms in total. The van der Waals surface area contributed by atoms with E-state index in [0.29, 0.717) is 25.2 Å². The van der Waals surface area contributed by atoms with Gasteiger partial charge in [-0.3, -0.25) is 4.72 Å². The molecule has 2 aromatic heterocycles. The molecule has 0 spiro atoms. The molecular weight excluding hydrogens is 448 g/mol. The average molecular weight is 479 g/mol. The SMILES string of the molecule is Cc1ccc2nc1-c1ccccc1CCCCCN(CCCC=O)c1cccc(n1)S(=O)(=O)N2. The van der Waals surface area contributed by atoms with Gasteiger partial charge in [0, 0.05) is 25.1 Å². The number of unbranched alkanes of at least 4 members (excludes halogenated alkanes) is 1. The topological polar surface area (TPSA) is 92.3 Å². The van der Waals surface area contributed by atoms with E-state index in [1.54, 1.807) is 12.1 Å². The Morgan fingerprint density at radius 2 is 1.85 bits per heavy atom.